The molecule has 0 saturated carbocycles. The number of aromatic carboxylic acids is 2. The molecular weight excluding hydrogens is 439 g/mol. The maximum absolute atomic E-state index is 10.5. The third-order valence-electron chi connectivity index (χ3n) is 3.26. The molecule has 160 valence electrons. The molecular formula is C20H19NaO9S. The van der Waals surface area contributed by atoms with E-state index in [2.05, 4.69) is 0 Å². The zero-order valence-electron chi connectivity index (χ0n) is 17.3. The van der Waals surface area contributed by atoms with Gasteiger partial charge in [0.25, 0.3) is 10.1 Å². The largest absolute Gasteiger partial charge is 1.00 e. The number of carbonyl (C=O) groups is 2. The van der Waals surface area contributed by atoms with Crippen LogP contribution in [0.4, 0.5) is 0 Å². The predicted octanol–water partition coefficient (Wildman–Crippen LogP) is 0.231. The number of carboxylic acids is 2. The normalized spacial score (nSPS) is 9.58. The topological polar surface area (TPSA) is 169 Å². The Kier molecular flexibility index (Phi) is 12.2. The molecule has 3 aromatic carbocycles. The molecule has 0 bridgehead atoms. The Morgan fingerprint density at radius 1 is 0.710 bits per heavy atom. The van der Waals surface area contributed by atoms with Gasteiger partial charge in [-0.3, -0.25) is 4.55 Å². The van der Waals surface area contributed by atoms with Crippen LogP contribution in [0.3, 0.4) is 0 Å². The smallest absolute Gasteiger partial charge is 1.00 e. The molecule has 0 spiro atoms. The SMILES string of the molecule is O=C(O)c1ccccc1.O=C(O)c1ccccc1.O=S(=O)(O)c1cc(O)ccc1O.[H-].[Na+]. The molecule has 0 aromatic heterocycles. The molecule has 0 heterocycles. The number of hydrogen-bond donors (Lipinski definition) is 5. The van der Waals surface area contributed by atoms with Crippen LogP contribution in [0.15, 0.2) is 83.8 Å². The summed E-state index contributed by atoms with van der Waals surface area (Å²) in [5.41, 5.74) is 0.662. The first-order valence-corrected chi connectivity index (χ1v) is 9.52. The van der Waals surface area contributed by atoms with E-state index in [1.807, 2.05) is 0 Å². The Balaban J connectivity index is 0. The van der Waals surface area contributed by atoms with Crippen LogP contribution in [0, 0.1) is 0 Å². The van der Waals surface area contributed by atoms with Gasteiger partial charge in [0.05, 0.1) is 11.1 Å². The molecule has 5 N–H and O–H groups in total. The number of phenolic OH excluding ortho intramolecular Hbond substituents is 2. The summed E-state index contributed by atoms with van der Waals surface area (Å²) in [5, 5.41) is 34.5. The van der Waals surface area contributed by atoms with E-state index in [1.165, 1.54) is 0 Å². The van der Waals surface area contributed by atoms with E-state index in [0.717, 1.165) is 18.2 Å². The molecule has 3 aromatic rings. The van der Waals surface area contributed by atoms with Crippen LogP contribution in [-0.4, -0.2) is 45.3 Å². The number of rotatable bonds is 3. The first kappa shape index (κ1) is 28.1. The fourth-order valence-corrected chi connectivity index (χ4v) is 2.47. The molecule has 11 heteroatoms. The van der Waals surface area contributed by atoms with Crippen LogP contribution >= 0.6 is 0 Å². The van der Waals surface area contributed by atoms with Crippen molar-refractivity contribution < 1.29 is 74.0 Å². The van der Waals surface area contributed by atoms with Gasteiger partial charge in [-0.2, -0.15) is 8.42 Å². The van der Waals surface area contributed by atoms with Crippen LogP contribution in [0.25, 0.3) is 0 Å². The first-order chi connectivity index (χ1) is 14.0. The maximum atomic E-state index is 10.5. The number of carboxylic acid groups (broad SMARTS) is 2. The fourth-order valence-electron chi connectivity index (χ4n) is 1.87. The molecule has 0 amide bonds. The van der Waals surface area contributed by atoms with Gasteiger partial charge in [-0.1, -0.05) is 36.4 Å². The Hall–Kier alpha value is -2.89. The number of phenols is 2. The molecule has 0 fully saturated rings. The molecule has 0 aliphatic carbocycles. The van der Waals surface area contributed by atoms with Crippen LogP contribution in [0.5, 0.6) is 11.5 Å². The standard InChI is InChI=1S/2C7H6O2.C6H6O5S.Na.H/c2*8-7(9)6-4-2-1-3-5-6;7-4-1-2-5(8)6(3-4)12(9,10)11;;/h2*1-5H,(H,8,9);1-3,7-8H,(H,9,10,11);;/q;;;+1;-1. The van der Waals surface area contributed by atoms with Crippen molar-refractivity contribution in [2.45, 2.75) is 4.90 Å². The second-order valence-corrected chi connectivity index (χ2v) is 6.86. The van der Waals surface area contributed by atoms with Crippen LogP contribution < -0.4 is 29.6 Å². The summed E-state index contributed by atoms with van der Waals surface area (Å²) in [7, 11) is -4.47. The zero-order chi connectivity index (χ0) is 22.7. The van der Waals surface area contributed by atoms with Gasteiger partial charge >= 0.3 is 41.5 Å². The van der Waals surface area contributed by atoms with Crippen molar-refractivity contribution in [3.8, 4) is 11.5 Å². The Morgan fingerprint density at radius 3 is 1.35 bits per heavy atom. The van der Waals surface area contributed by atoms with Crippen molar-refractivity contribution in [3.63, 3.8) is 0 Å². The summed E-state index contributed by atoms with van der Waals surface area (Å²) < 4.78 is 29.5. The van der Waals surface area contributed by atoms with E-state index < -0.39 is 32.7 Å². The molecule has 9 nitrogen and oxygen atoms in total. The van der Waals surface area contributed by atoms with Crippen LogP contribution in [0.1, 0.15) is 22.1 Å². The van der Waals surface area contributed by atoms with Crippen molar-refractivity contribution in [2.24, 2.45) is 0 Å². The van der Waals surface area contributed by atoms with Gasteiger partial charge < -0.3 is 21.9 Å². The summed E-state index contributed by atoms with van der Waals surface area (Å²) in [6, 6.07) is 19.4. The minimum Gasteiger partial charge on any atom is -1.00 e. The zero-order valence-corrected chi connectivity index (χ0v) is 19.1. The average Bonchev–Trinajstić information content (AvgIpc) is 2.71. The molecule has 0 unspecified atom stereocenters. The Labute approximate surface area is 201 Å². The average molecular weight is 458 g/mol. The monoisotopic (exact) mass is 458 g/mol. The molecule has 0 saturated heterocycles. The molecule has 3 rings (SSSR count). The molecule has 0 aliphatic heterocycles. The van der Waals surface area contributed by atoms with E-state index in [4.69, 9.17) is 25.0 Å². The summed E-state index contributed by atoms with van der Waals surface area (Å²) in [4.78, 5) is 19.7. The van der Waals surface area contributed by atoms with Crippen LogP contribution in [-0.2, 0) is 10.1 Å². The summed E-state index contributed by atoms with van der Waals surface area (Å²) in [6.45, 7) is 0. The van der Waals surface area contributed by atoms with Gasteiger partial charge in [0.2, 0.25) is 0 Å². The van der Waals surface area contributed by atoms with Crippen molar-refractivity contribution in [1.29, 1.82) is 0 Å². The fraction of sp³-hybridized carbons (Fsp3) is 0. The van der Waals surface area contributed by atoms with E-state index in [-0.39, 0.29) is 36.7 Å². The van der Waals surface area contributed by atoms with Crippen molar-refractivity contribution in [2.75, 3.05) is 0 Å². The van der Waals surface area contributed by atoms with Gasteiger partial charge in [-0.25, -0.2) is 9.59 Å². The first-order valence-electron chi connectivity index (χ1n) is 8.08. The molecule has 0 radical (unpaired) electrons. The number of hydrogen-bond acceptors (Lipinski definition) is 6. The summed E-state index contributed by atoms with van der Waals surface area (Å²) in [5.74, 6) is -2.71. The second kappa shape index (κ2) is 13.4. The Morgan fingerprint density at radius 2 is 1.10 bits per heavy atom. The van der Waals surface area contributed by atoms with E-state index >= 15 is 0 Å². The minimum atomic E-state index is -4.47. The second-order valence-electron chi connectivity index (χ2n) is 5.47. The molecule has 0 aliphatic rings. The Bertz CT molecular complexity index is 1040. The molecule has 31 heavy (non-hydrogen) atoms. The quantitative estimate of drug-likeness (QED) is 0.209. The van der Waals surface area contributed by atoms with Gasteiger partial charge in [-0.05, 0) is 36.4 Å². The van der Waals surface area contributed by atoms with E-state index in [9.17, 15) is 18.0 Å². The van der Waals surface area contributed by atoms with Gasteiger partial charge in [0, 0.05) is 6.07 Å². The van der Waals surface area contributed by atoms with E-state index in [0.29, 0.717) is 11.1 Å². The number of benzene rings is 3. The summed E-state index contributed by atoms with van der Waals surface area (Å²) in [6.07, 6.45) is 0. The van der Waals surface area contributed by atoms with Gasteiger partial charge in [0.15, 0.2) is 0 Å². The summed E-state index contributed by atoms with van der Waals surface area (Å²) >= 11 is 0. The maximum Gasteiger partial charge on any atom is 1.00 e. The van der Waals surface area contributed by atoms with Crippen LogP contribution in [0.2, 0.25) is 0 Å². The van der Waals surface area contributed by atoms with Crippen molar-refractivity contribution in [3.05, 3.63) is 90.0 Å². The van der Waals surface area contributed by atoms with Gasteiger partial charge in [-0.15, -0.1) is 0 Å². The number of aromatic hydroxyl groups is 2. The van der Waals surface area contributed by atoms with Crippen molar-refractivity contribution in [1.82, 2.24) is 0 Å². The van der Waals surface area contributed by atoms with E-state index in [1.54, 1.807) is 60.7 Å². The van der Waals surface area contributed by atoms with Gasteiger partial charge in [0.1, 0.15) is 16.4 Å². The van der Waals surface area contributed by atoms with Crippen molar-refractivity contribution >= 4 is 22.1 Å². The third kappa shape index (κ3) is 10.6. The third-order valence-corrected chi connectivity index (χ3v) is 4.15. The molecule has 0 atom stereocenters. The minimum absolute atomic E-state index is 0. The predicted molar refractivity (Wildman–Crippen MR) is 108 cm³/mol.